The van der Waals surface area contributed by atoms with Crippen LogP contribution in [0.2, 0.25) is 0 Å². The molecule has 0 aliphatic rings. The highest BCUT2D eigenvalue weighted by Gasteiger charge is 2.17. The summed E-state index contributed by atoms with van der Waals surface area (Å²) < 4.78 is 1.61. The van der Waals surface area contributed by atoms with Gasteiger partial charge in [-0.15, -0.1) is 5.10 Å². The first-order chi connectivity index (χ1) is 12.0. The number of benzene rings is 1. The van der Waals surface area contributed by atoms with E-state index in [1.54, 1.807) is 17.8 Å². The molecule has 2 N–H and O–H groups in total. The van der Waals surface area contributed by atoms with E-state index in [1.165, 1.54) is 18.2 Å². The first-order valence-electron chi connectivity index (χ1n) is 7.53. The molecule has 2 aromatic heterocycles. The molecule has 0 bridgehead atoms. The van der Waals surface area contributed by atoms with Gasteiger partial charge in [-0.1, -0.05) is 29.5 Å². The van der Waals surface area contributed by atoms with Gasteiger partial charge in [0, 0.05) is 0 Å². The lowest BCUT2D eigenvalue weighted by Crippen LogP contribution is -2.28. The van der Waals surface area contributed by atoms with Crippen LogP contribution in [0.15, 0.2) is 54.7 Å². The van der Waals surface area contributed by atoms with Crippen molar-refractivity contribution in [1.82, 2.24) is 25.3 Å². The molecule has 2 heterocycles. The average Bonchev–Trinajstić information content (AvgIpc) is 3.13. The first-order valence-corrected chi connectivity index (χ1v) is 7.53. The molecule has 0 saturated carbocycles. The molecule has 0 saturated heterocycles. The highest BCUT2D eigenvalue weighted by Crippen LogP contribution is 2.12. The van der Waals surface area contributed by atoms with Crippen molar-refractivity contribution in [2.75, 3.05) is 0 Å². The number of aromatic carboxylic acids is 1. The molecule has 0 aliphatic heterocycles. The summed E-state index contributed by atoms with van der Waals surface area (Å²) in [5.74, 6) is -1.67. The van der Waals surface area contributed by atoms with Gasteiger partial charge >= 0.3 is 5.97 Å². The minimum atomic E-state index is -1.19. The molecule has 0 radical (unpaired) electrons. The van der Waals surface area contributed by atoms with Crippen LogP contribution in [0.5, 0.6) is 0 Å². The predicted molar refractivity (Wildman–Crippen MR) is 88.4 cm³/mol. The molecule has 25 heavy (non-hydrogen) atoms. The lowest BCUT2D eigenvalue weighted by Gasteiger charge is -2.10. The van der Waals surface area contributed by atoms with Gasteiger partial charge in [-0.2, -0.15) is 0 Å². The van der Waals surface area contributed by atoms with Crippen molar-refractivity contribution in [2.45, 2.75) is 13.0 Å². The van der Waals surface area contributed by atoms with Crippen LogP contribution in [0.3, 0.4) is 0 Å². The summed E-state index contributed by atoms with van der Waals surface area (Å²) in [6.07, 6.45) is 1.72. The first kappa shape index (κ1) is 16.3. The summed E-state index contributed by atoms with van der Waals surface area (Å²) in [6, 6.07) is 13.3. The number of nitrogens with zero attached hydrogens (tertiary/aromatic N) is 4. The van der Waals surface area contributed by atoms with Crippen molar-refractivity contribution >= 4 is 11.9 Å². The zero-order chi connectivity index (χ0) is 17.8. The third-order valence-corrected chi connectivity index (χ3v) is 3.52. The number of hydrogen-bond donors (Lipinski definition) is 2. The topological polar surface area (TPSA) is 110 Å². The van der Waals surface area contributed by atoms with Crippen molar-refractivity contribution in [2.24, 2.45) is 0 Å². The number of amides is 1. The SMILES string of the molecule is CC(NC(=O)c1cccc(C(=O)O)n1)c1cn(-c2ccccc2)nn1. The zero-order valence-corrected chi connectivity index (χ0v) is 13.3. The summed E-state index contributed by atoms with van der Waals surface area (Å²) in [5, 5.41) is 19.8. The second-order valence-corrected chi connectivity index (χ2v) is 5.33. The van der Waals surface area contributed by atoms with Gasteiger partial charge in [-0.3, -0.25) is 4.79 Å². The molecule has 0 aliphatic carbocycles. The molecule has 8 heteroatoms. The molecule has 1 atom stereocenters. The van der Waals surface area contributed by atoms with Crippen molar-refractivity contribution < 1.29 is 14.7 Å². The van der Waals surface area contributed by atoms with E-state index in [2.05, 4.69) is 20.6 Å². The van der Waals surface area contributed by atoms with E-state index in [1.807, 2.05) is 30.3 Å². The minimum Gasteiger partial charge on any atom is -0.477 e. The molecule has 1 amide bonds. The van der Waals surface area contributed by atoms with Gasteiger partial charge in [-0.25, -0.2) is 14.5 Å². The number of para-hydroxylation sites is 1. The Balaban J connectivity index is 1.73. The zero-order valence-electron chi connectivity index (χ0n) is 13.3. The molecule has 126 valence electrons. The molecular weight excluding hydrogens is 322 g/mol. The third-order valence-electron chi connectivity index (χ3n) is 3.52. The number of rotatable bonds is 5. The Hall–Kier alpha value is -3.55. The summed E-state index contributed by atoms with van der Waals surface area (Å²) in [6.45, 7) is 1.76. The monoisotopic (exact) mass is 337 g/mol. The lowest BCUT2D eigenvalue weighted by atomic mass is 10.2. The van der Waals surface area contributed by atoms with Crippen LogP contribution in [-0.2, 0) is 0 Å². The number of nitrogens with one attached hydrogen (secondary N) is 1. The summed E-state index contributed by atoms with van der Waals surface area (Å²) in [5.41, 5.74) is 1.28. The Labute approximate surface area is 143 Å². The second kappa shape index (κ2) is 6.91. The molecular formula is C17H15N5O3. The quantitative estimate of drug-likeness (QED) is 0.735. The van der Waals surface area contributed by atoms with E-state index in [0.29, 0.717) is 5.69 Å². The Morgan fingerprint density at radius 3 is 2.52 bits per heavy atom. The largest absolute Gasteiger partial charge is 0.477 e. The van der Waals surface area contributed by atoms with Gasteiger partial charge in [-0.05, 0) is 31.2 Å². The van der Waals surface area contributed by atoms with Crippen LogP contribution in [0.1, 0.15) is 39.6 Å². The highest BCUT2D eigenvalue weighted by molar-refractivity contribution is 5.94. The van der Waals surface area contributed by atoms with Gasteiger partial charge in [0.15, 0.2) is 0 Å². The molecule has 3 rings (SSSR count). The Morgan fingerprint density at radius 1 is 1.08 bits per heavy atom. The van der Waals surface area contributed by atoms with E-state index in [9.17, 15) is 9.59 Å². The number of carboxylic acid groups (broad SMARTS) is 1. The number of aromatic nitrogens is 4. The van der Waals surface area contributed by atoms with Crippen LogP contribution in [-0.4, -0.2) is 37.0 Å². The normalized spacial score (nSPS) is 11.7. The standard InChI is InChI=1S/C17H15N5O3/c1-11(15-10-22(21-20-15)12-6-3-2-4-7-12)18-16(23)13-8-5-9-14(19-13)17(24)25/h2-11H,1H3,(H,18,23)(H,24,25). The summed E-state index contributed by atoms with van der Waals surface area (Å²) in [7, 11) is 0. The molecule has 0 spiro atoms. The number of carbonyl (C=O) groups is 2. The summed E-state index contributed by atoms with van der Waals surface area (Å²) in [4.78, 5) is 27.0. The maximum Gasteiger partial charge on any atom is 0.354 e. The predicted octanol–water partition coefficient (Wildman–Crippen LogP) is 1.85. The molecule has 1 aromatic carbocycles. The van der Waals surface area contributed by atoms with Crippen molar-refractivity contribution in [1.29, 1.82) is 0 Å². The van der Waals surface area contributed by atoms with E-state index >= 15 is 0 Å². The Morgan fingerprint density at radius 2 is 1.80 bits per heavy atom. The van der Waals surface area contributed by atoms with Gasteiger partial charge < -0.3 is 10.4 Å². The third kappa shape index (κ3) is 3.69. The van der Waals surface area contributed by atoms with E-state index in [-0.39, 0.29) is 11.4 Å². The molecule has 0 fully saturated rings. The minimum absolute atomic E-state index is 0.0298. The molecule has 3 aromatic rings. The molecule has 8 nitrogen and oxygen atoms in total. The maximum atomic E-state index is 12.3. The van der Waals surface area contributed by atoms with Crippen LogP contribution >= 0.6 is 0 Å². The fraction of sp³-hybridized carbons (Fsp3) is 0.118. The summed E-state index contributed by atoms with van der Waals surface area (Å²) >= 11 is 0. The van der Waals surface area contributed by atoms with Crippen LogP contribution in [0.25, 0.3) is 5.69 Å². The van der Waals surface area contributed by atoms with Gasteiger partial charge in [0.2, 0.25) is 0 Å². The Kier molecular flexibility index (Phi) is 4.51. The fourth-order valence-corrected chi connectivity index (χ4v) is 2.21. The van der Waals surface area contributed by atoms with Crippen LogP contribution in [0.4, 0.5) is 0 Å². The van der Waals surface area contributed by atoms with Gasteiger partial charge in [0.1, 0.15) is 17.1 Å². The van der Waals surface area contributed by atoms with Crippen molar-refractivity contribution in [3.63, 3.8) is 0 Å². The number of hydrogen-bond acceptors (Lipinski definition) is 5. The van der Waals surface area contributed by atoms with Gasteiger partial charge in [0.25, 0.3) is 5.91 Å². The number of carbonyl (C=O) groups excluding carboxylic acids is 1. The van der Waals surface area contributed by atoms with E-state index in [0.717, 1.165) is 5.69 Å². The van der Waals surface area contributed by atoms with Crippen LogP contribution in [0, 0.1) is 0 Å². The Bertz CT molecular complexity index is 907. The van der Waals surface area contributed by atoms with Crippen LogP contribution < -0.4 is 5.32 Å². The highest BCUT2D eigenvalue weighted by atomic mass is 16.4. The van der Waals surface area contributed by atoms with Crippen molar-refractivity contribution in [3.05, 3.63) is 71.8 Å². The smallest absolute Gasteiger partial charge is 0.354 e. The fourth-order valence-electron chi connectivity index (χ4n) is 2.21. The maximum absolute atomic E-state index is 12.3. The second-order valence-electron chi connectivity index (χ2n) is 5.33. The lowest BCUT2D eigenvalue weighted by molar-refractivity contribution is 0.0690. The average molecular weight is 337 g/mol. The van der Waals surface area contributed by atoms with E-state index < -0.39 is 17.9 Å². The van der Waals surface area contributed by atoms with Gasteiger partial charge in [0.05, 0.1) is 17.9 Å². The number of pyridine rings is 1. The number of carboxylic acids is 1. The van der Waals surface area contributed by atoms with Crippen molar-refractivity contribution in [3.8, 4) is 5.69 Å². The molecule has 1 unspecified atom stereocenters. The van der Waals surface area contributed by atoms with E-state index in [4.69, 9.17) is 5.11 Å².